The van der Waals surface area contributed by atoms with E-state index in [9.17, 15) is 9.59 Å². The number of hydrogen-bond donors (Lipinski definition) is 0. The molecule has 0 N–H and O–H groups in total. The van der Waals surface area contributed by atoms with Crippen LogP contribution in [0.4, 0.5) is 0 Å². The first-order valence-corrected chi connectivity index (χ1v) is 8.89. The molecule has 0 spiro atoms. The van der Waals surface area contributed by atoms with Crippen molar-refractivity contribution < 1.29 is 14.3 Å². The predicted molar refractivity (Wildman–Crippen MR) is 92.3 cm³/mol. The van der Waals surface area contributed by atoms with Gasteiger partial charge in [0.05, 0.1) is 19.8 Å². The number of hydrogen-bond acceptors (Lipinski definition) is 4. The number of benzene rings is 1. The highest BCUT2D eigenvalue weighted by Gasteiger charge is 2.27. The second-order valence-electron chi connectivity index (χ2n) is 6.41. The molecule has 1 aromatic rings. The van der Waals surface area contributed by atoms with Gasteiger partial charge in [-0.3, -0.25) is 14.5 Å². The molecule has 3 rings (SSSR count). The van der Waals surface area contributed by atoms with Crippen LogP contribution in [0.1, 0.15) is 23.2 Å². The molecule has 0 bridgehead atoms. The minimum atomic E-state index is 0.0425. The van der Waals surface area contributed by atoms with E-state index >= 15 is 0 Å². The maximum absolute atomic E-state index is 12.5. The summed E-state index contributed by atoms with van der Waals surface area (Å²) in [5.41, 5.74) is 0.724. The van der Waals surface area contributed by atoms with Crippen LogP contribution in [0.25, 0.3) is 0 Å². The zero-order valence-corrected chi connectivity index (χ0v) is 14.5. The SMILES string of the molecule is O=C(c1ccc(Cl)cc1)C1CCN(CC(=O)N2CCOCC2)CC1. The Kier molecular flexibility index (Phi) is 5.87. The lowest BCUT2D eigenvalue weighted by Crippen LogP contribution is -2.47. The predicted octanol–water partition coefficient (Wildman–Crippen LogP) is 2.09. The Morgan fingerprint density at radius 1 is 1.04 bits per heavy atom. The van der Waals surface area contributed by atoms with Crippen LogP contribution < -0.4 is 0 Å². The summed E-state index contributed by atoms with van der Waals surface area (Å²) in [6.45, 7) is 4.66. The number of amides is 1. The molecule has 2 aliphatic rings. The van der Waals surface area contributed by atoms with Crippen molar-refractivity contribution in [2.24, 2.45) is 5.92 Å². The molecule has 0 aliphatic carbocycles. The second-order valence-corrected chi connectivity index (χ2v) is 6.85. The van der Waals surface area contributed by atoms with Crippen molar-refractivity contribution in [2.75, 3.05) is 45.9 Å². The number of nitrogens with zero attached hydrogens (tertiary/aromatic N) is 2. The standard InChI is InChI=1S/C18H23ClN2O3/c19-16-3-1-14(2-4-16)18(23)15-5-7-20(8-6-15)13-17(22)21-9-11-24-12-10-21/h1-4,15H,5-13H2. The summed E-state index contributed by atoms with van der Waals surface area (Å²) >= 11 is 5.87. The molecule has 0 atom stereocenters. The van der Waals surface area contributed by atoms with Crippen LogP contribution in [0, 0.1) is 5.92 Å². The minimum Gasteiger partial charge on any atom is -0.378 e. The van der Waals surface area contributed by atoms with E-state index in [1.807, 2.05) is 4.90 Å². The third-order valence-corrected chi connectivity index (χ3v) is 5.06. The van der Waals surface area contributed by atoms with Crippen molar-refractivity contribution in [3.63, 3.8) is 0 Å². The maximum atomic E-state index is 12.5. The largest absolute Gasteiger partial charge is 0.378 e. The highest BCUT2D eigenvalue weighted by Crippen LogP contribution is 2.22. The van der Waals surface area contributed by atoms with Crippen LogP contribution in [0.3, 0.4) is 0 Å². The Morgan fingerprint density at radius 2 is 1.67 bits per heavy atom. The van der Waals surface area contributed by atoms with E-state index < -0.39 is 0 Å². The van der Waals surface area contributed by atoms with Gasteiger partial charge in [-0.15, -0.1) is 0 Å². The number of piperidine rings is 1. The molecular weight excluding hydrogens is 328 g/mol. The van der Waals surface area contributed by atoms with Gasteiger partial charge in [-0.25, -0.2) is 0 Å². The smallest absolute Gasteiger partial charge is 0.236 e. The number of likely N-dealkylation sites (tertiary alicyclic amines) is 1. The zero-order valence-electron chi connectivity index (χ0n) is 13.7. The monoisotopic (exact) mass is 350 g/mol. The summed E-state index contributed by atoms with van der Waals surface area (Å²) in [7, 11) is 0. The Labute approximate surface area is 147 Å². The first-order chi connectivity index (χ1) is 11.6. The first kappa shape index (κ1) is 17.4. The molecule has 1 aromatic carbocycles. The topological polar surface area (TPSA) is 49.9 Å². The Bertz CT molecular complexity index is 576. The van der Waals surface area contributed by atoms with Crippen molar-refractivity contribution in [3.8, 4) is 0 Å². The van der Waals surface area contributed by atoms with Gasteiger partial charge in [-0.1, -0.05) is 11.6 Å². The highest BCUT2D eigenvalue weighted by molar-refractivity contribution is 6.30. The van der Waals surface area contributed by atoms with Crippen molar-refractivity contribution in [2.45, 2.75) is 12.8 Å². The molecule has 24 heavy (non-hydrogen) atoms. The molecule has 1 amide bonds. The van der Waals surface area contributed by atoms with E-state index in [1.165, 1.54) is 0 Å². The van der Waals surface area contributed by atoms with E-state index in [2.05, 4.69) is 4.90 Å². The van der Waals surface area contributed by atoms with Gasteiger partial charge in [0.15, 0.2) is 5.78 Å². The Balaban J connectivity index is 1.47. The number of rotatable bonds is 4. The van der Waals surface area contributed by atoms with E-state index in [0.717, 1.165) is 31.5 Å². The van der Waals surface area contributed by atoms with E-state index in [1.54, 1.807) is 24.3 Å². The average Bonchev–Trinajstić information content (AvgIpc) is 2.63. The number of ether oxygens (including phenoxy) is 1. The lowest BCUT2D eigenvalue weighted by atomic mass is 9.89. The van der Waals surface area contributed by atoms with Crippen molar-refractivity contribution in [1.82, 2.24) is 9.80 Å². The molecule has 2 fully saturated rings. The van der Waals surface area contributed by atoms with Crippen molar-refractivity contribution >= 4 is 23.3 Å². The third-order valence-electron chi connectivity index (χ3n) is 4.81. The van der Waals surface area contributed by atoms with E-state index in [4.69, 9.17) is 16.3 Å². The van der Waals surface area contributed by atoms with Gasteiger partial charge in [0.1, 0.15) is 0 Å². The maximum Gasteiger partial charge on any atom is 0.236 e. The van der Waals surface area contributed by atoms with Crippen LogP contribution >= 0.6 is 11.6 Å². The van der Waals surface area contributed by atoms with E-state index in [0.29, 0.717) is 37.9 Å². The van der Waals surface area contributed by atoms with Gasteiger partial charge >= 0.3 is 0 Å². The molecule has 0 aromatic heterocycles. The number of morpholine rings is 1. The van der Waals surface area contributed by atoms with Gasteiger partial charge in [0.2, 0.25) is 5.91 Å². The Morgan fingerprint density at radius 3 is 2.29 bits per heavy atom. The van der Waals surface area contributed by atoms with Crippen LogP contribution in [-0.4, -0.2) is 67.4 Å². The van der Waals surface area contributed by atoms with Crippen LogP contribution in [0.2, 0.25) is 5.02 Å². The summed E-state index contributed by atoms with van der Waals surface area (Å²) in [5.74, 6) is 0.396. The van der Waals surface area contributed by atoms with Crippen LogP contribution in [-0.2, 0) is 9.53 Å². The molecule has 6 heteroatoms. The number of carbonyl (C=O) groups excluding carboxylic acids is 2. The number of halogens is 1. The van der Waals surface area contributed by atoms with Crippen molar-refractivity contribution in [3.05, 3.63) is 34.9 Å². The second kappa shape index (κ2) is 8.10. The highest BCUT2D eigenvalue weighted by atomic mass is 35.5. The molecule has 5 nitrogen and oxygen atoms in total. The molecule has 0 saturated carbocycles. The summed E-state index contributed by atoms with van der Waals surface area (Å²) < 4.78 is 5.28. The van der Waals surface area contributed by atoms with Crippen LogP contribution in [0.5, 0.6) is 0 Å². The summed E-state index contributed by atoms with van der Waals surface area (Å²) in [6, 6.07) is 7.09. The summed E-state index contributed by atoms with van der Waals surface area (Å²) in [6.07, 6.45) is 1.61. The fraction of sp³-hybridized carbons (Fsp3) is 0.556. The summed E-state index contributed by atoms with van der Waals surface area (Å²) in [4.78, 5) is 28.8. The molecular formula is C18H23ClN2O3. The average molecular weight is 351 g/mol. The van der Waals surface area contributed by atoms with E-state index in [-0.39, 0.29) is 17.6 Å². The molecule has 0 unspecified atom stereocenters. The lowest BCUT2D eigenvalue weighted by molar-refractivity contribution is -0.136. The molecule has 2 heterocycles. The van der Waals surface area contributed by atoms with Gasteiger partial charge in [0.25, 0.3) is 0 Å². The van der Waals surface area contributed by atoms with Crippen molar-refractivity contribution in [1.29, 1.82) is 0 Å². The van der Waals surface area contributed by atoms with Crippen LogP contribution in [0.15, 0.2) is 24.3 Å². The number of carbonyl (C=O) groups is 2. The fourth-order valence-corrected chi connectivity index (χ4v) is 3.43. The van der Waals surface area contributed by atoms with Gasteiger partial charge in [-0.2, -0.15) is 0 Å². The quantitative estimate of drug-likeness (QED) is 0.780. The Hall–Kier alpha value is -1.43. The van der Waals surface area contributed by atoms with Gasteiger partial charge < -0.3 is 9.64 Å². The number of Topliss-reactive ketones (excluding diaryl/α,β-unsaturated/α-hetero) is 1. The fourth-order valence-electron chi connectivity index (χ4n) is 3.31. The molecule has 0 radical (unpaired) electrons. The van der Waals surface area contributed by atoms with Gasteiger partial charge in [0, 0.05) is 29.6 Å². The molecule has 2 aliphatic heterocycles. The minimum absolute atomic E-state index is 0.0425. The zero-order chi connectivity index (χ0) is 16.9. The number of ketones is 1. The summed E-state index contributed by atoms with van der Waals surface area (Å²) in [5, 5.41) is 0.642. The normalized spacial score (nSPS) is 20.1. The lowest BCUT2D eigenvalue weighted by Gasteiger charge is -2.33. The first-order valence-electron chi connectivity index (χ1n) is 8.51. The molecule has 130 valence electrons. The third kappa shape index (κ3) is 4.35. The van der Waals surface area contributed by atoms with Gasteiger partial charge in [-0.05, 0) is 50.2 Å². The molecule has 2 saturated heterocycles.